The van der Waals surface area contributed by atoms with Crippen molar-refractivity contribution in [1.82, 2.24) is 9.80 Å². The number of hydrogen-bond acceptors (Lipinski definition) is 3. The summed E-state index contributed by atoms with van der Waals surface area (Å²) in [5.41, 5.74) is 1.22. The maximum Gasteiger partial charge on any atom is 0.236 e. The molecule has 2 aliphatic rings. The van der Waals surface area contributed by atoms with E-state index in [1.165, 1.54) is 12.1 Å². The van der Waals surface area contributed by atoms with Crippen molar-refractivity contribution in [2.75, 3.05) is 37.6 Å². The highest BCUT2D eigenvalue weighted by Crippen LogP contribution is 2.29. The van der Waals surface area contributed by atoms with Crippen molar-refractivity contribution in [1.29, 1.82) is 0 Å². The second-order valence-corrected chi connectivity index (χ2v) is 7.55. The van der Waals surface area contributed by atoms with Crippen molar-refractivity contribution in [2.24, 2.45) is 0 Å². The summed E-state index contributed by atoms with van der Waals surface area (Å²) in [6.45, 7) is 3.14. The summed E-state index contributed by atoms with van der Waals surface area (Å²) in [7, 11) is 0. The Labute approximate surface area is 164 Å². The van der Waals surface area contributed by atoms with Gasteiger partial charge in [0.05, 0.1) is 12.2 Å². The lowest BCUT2D eigenvalue weighted by atomic mass is 10.2. The average molecular weight is 385 g/mol. The Hall–Kier alpha value is -2.47. The van der Waals surface area contributed by atoms with Gasteiger partial charge in [-0.15, -0.1) is 0 Å². The van der Waals surface area contributed by atoms with Crippen molar-refractivity contribution < 1.29 is 13.6 Å². The summed E-state index contributed by atoms with van der Waals surface area (Å²) in [6.07, 6.45) is 2.12. The molecule has 0 spiro atoms. The zero-order chi connectivity index (χ0) is 19.5. The molecule has 0 bridgehead atoms. The van der Waals surface area contributed by atoms with Gasteiger partial charge in [-0.2, -0.15) is 0 Å². The normalized spacial score (nSPS) is 17.2. The van der Waals surface area contributed by atoms with E-state index in [0.29, 0.717) is 56.6 Å². The molecule has 148 valence electrons. The number of nitrogens with zero attached hydrogens (tertiary/aromatic N) is 3. The molecule has 1 heterocycles. The van der Waals surface area contributed by atoms with Gasteiger partial charge in [-0.1, -0.05) is 30.3 Å². The van der Waals surface area contributed by atoms with Crippen molar-refractivity contribution in [3.8, 4) is 0 Å². The third kappa shape index (κ3) is 4.33. The molecule has 1 amide bonds. The molecule has 0 unspecified atom stereocenters. The lowest BCUT2D eigenvalue weighted by Crippen LogP contribution is -2.51. The van der Waals surface area contributed by atoms with Gasteiger partial charge in [0.1, 0.15) is 11.6 Å². The van der Waals surface area contributed by atoms with E-state index in [1.807, 2.05) is 21.9 Å². The number of amides is 1. The fourth-order valence-electron chi connectivity index (χ4n) is 3.78. The molecule has 1 aliphatic heterocycles. The molecule has 1 aliphatic carbocycles. The van der Waals surface area contributed by atoms with E-state index in [2.05, 4.69) is 4.90 Å². The SMILES string of the molecule is O=C(CN(Cc1ccccc1F)C1CC1)N1CCN(c2ccccc2F)CC1. The lowest BCUT2D eigenvalue weighted by molar-refractivity contribution is -0.133. The topological polar surface area (TPSA) is 26.8 Å². The maximum absolute atomic E-state index is 14.0. The maximum atomic E-state index is 14.0. The molecule has 2 fully saturated rings. The molecule has 0 atom stereocenters. The predicted molar refractivity (Wildman–Crippen MR) is 105 cm³/mol. The van der Waals surface area contributed by atoms with Gasteiger partial charge in [0.2, 0.25) is 5.91 Å². The van der Waals surface area contributed by atoms with E-state index >= 15 is 0 Å². The molecule has 28 heavy (non-hydrogen) atoms. The molecule has 4 nitrogen and oxygen atoms in total. The summed E-state index contributed by atoms with van der Waals surface area (Å²) in [5.74, 6) is -0.386. The molecule has 0 N–H and O–H groups in total. The Bertz CT molecular complexity index is 832. The Morgan fingerprint density at radius 3 is 2.21 bits per heavy atom. The van der Waals surface area contributed by atoms with E-state index in [0.717, 1.165) is 12.8 Å². The summed E-state index contributed by atoms with van der Waals surface area (Å²) >= 11 is 0. The average Bonchev–Trinajstić information content (AvgIpc) is 3.55. The molecule has 1 saturated heterocycles. The number of anilines is 1. The Morgan fingerprint density at radius 1 is 0.929 bits per heavy atom. The number of benzene rings is 2. The van der Waals surface area contributed by atoms with Crippen molar-refractivity contribution in [3.63, 3.8) is 0 Å². The van der Waals surface area contributed by atoms with Crippen molar-refractivity contribution in [3.05, 3.63) is 65.7 Å². The summed E-state index contributed by atoms with van der Waals surface area (Å²) in [5, 5.41) is 0. The number of carbonyl (C=O) groups excluding carboxylic acids is 1. The monoisotopic (exact) mass is 385 g/mol. The Kier molecular flexibility index (Phi) is 5.57. The van der Waals surface area contributed by atoms with Crippen LogP contribution in [0.4, 0.5) is 14.5 Å². The van der Waals surface area contributed by atoms with Crippen LogP contribution in [0.3, 0.4) is 0 Å². The molecule has 2 aromatic rings. The van der Waals surface area contributed by atoms with Crippen molar-refractivity contribution >= 4 is 11.6 Å². The van der Waals surface area contributed by atoms with Crippen LogP contribution >= 0.6 is 0 Å². The minimum atomic E-state index is -0.230. The van der Waals surface area contributed by atoms with Crippen LogP contribution in [0.5, 0.6) is 0 Å². The van der Waals surface area contributed by atoms with Gasteiger partial charge in [-0.3, -0.25) is 9.69 Å². The number of para-hydroxylation sites is 1. The number of piperazine rings is 1. The highest BCUT2D eigenvalue weighted by atomic mass is 19.1. The molecule has 0 radical (unpaired) electrons. The molecular weight excluding hydrogens is 360 g/mol. The molecule has 1 saturated carbocycles. The second-order valence-electron chi connectivity index (χ2n) is 7.55. The number of rotatable bonds is 6. The van der Waals surface area contributed by atoms with Crippen molar-refractivity contribution in [2.45, 2.75) is 25.4 Å². The van der Waals surface area contributed by atoms with Gasteiger partial charge >= 0.3 is 0 Å². The minimum Gasteiger partial charge on any atom is -0.366 e. The molecule has 2 aromatic carbocycles. The van der Waals surface area contributed by atoms with Crippen LogP contribution in [0.15, 0.2) is 48.5 Å². The van der Waals surface area contributed by atoms with Gasteiger partial charge in [-0.05, 0) is 31.0 Å². The van der Waals surface area contributed by atoms with Crippen LogP contribution in [0, 0.1) is 11.6 Å². The number of carbonyl (C=O) groups is 1. The first-order valence-corrected chi connectivity index (χ1v) is 9.86. The smallest absolute Gasteiger partial charge is 0.236 e. The van der Waals surface area contributed by atoms with Gasteiger partial charge in [0, 0.05) is 44.3 Å². The highest BCUT2D eigenvalue weighted by Gasteiger charge is 2.32. The van der Waals surface area contributed by atoms with Crippen LogP contribution in [0.1, 0.15) is 18.4 Å². The Morgan fingerprint density at radius 2 is 1.57 bits per heavy atom. The predicted octanol–water partition coefficient (Wildman–Crippen LogP) is 3.28. The summed E-state index contributed by atoms with van der Waals surface area (Å²) < 4.78 is 28.0. The zero-order valence-electron chi connectivity index (χ0n) is 15.9. The molecule has 6 heteroatoms. The molecule has 4 rings (SSSR count). The van der Waals surface area contributed by atoms with E-state index in [9.17, 15) is 13.6 Å². The second kappa shape index (κ2) is 8.27. The molecular formula is C22H25F2N3O. The van der Waals surface area contributed by atoms with E-state index in [1.54, 1.807) is 24.3 Å². The van der Waals surface area contributed by atoms with Crippen LogP contribution in [0.2, 0.25) is 0 Å². The van der Waals surface area contributed by atoms with Gasteiger partial charge < -0.3 is 9.80 Å². The van der Waals surface area contributed by atoms with Gasteiger partial charge in [0.15, 0.2) is 0 Å². The first-order valence-electron chi connectivity index (χ1n) is 9.86. The first kappa shape index (κ1) is 18.9. The zero-order valence-corrected chi connectivity index (χ0v) is 15.9. The number of hydrogen-bond donors (Lipinski definition) is 0. The summed E-state index contributed by atoms with van der Waals surface area (Å²) in [4.78, 5) is 18.7. The quantitative estimate of drug-likeness (QED) is 0.764. The fourth-order valence-corrected chi connectivity index (χ4v) is 3.78. The third-order valence-electron chi connectivity index (χ3n) is 5.56. The van der Waals surface area contributed by atoms with Gasteiger partial charge in [0.25, 0.3) is 0 Å². The van der Waals surface area contributed by atoms with Crippen LogP contribution in [-0.4, -0.2) is 54.5 Å². The van der Waals surface area contributed by atoms with Gasteiger partial charge in [-0.25, -0.2) is 8.78 Å². The lowest BCUT2D eigenvalue weighted by Gasteiger charge is -2.37. The van der Waals surface area contributed by atoms with E-state index in [4.69, 9.17) is 0 Å². The first-order chi connectivity index (χ1) is 13.6. The van der Waals surface area contributed by atoms with Crippen LogP contribution in [-0.2, 0) is 11.3 Å². The Balaban J connectivity index is 1.34. The van der Waals surface area contributed by atoms with E-state index in [-0.39, 0.29) is 17.5 Å². The van der Waals surface area contributed by atoms with Crippen LogP contribution in [0.25, 0.3) is 0 Å². The van der Waals surface area contributed by atoms with E-state index < -0.39 is 0 Å². The molecule has 0 aromatic heterocycles. The largest absolute Gasteiger partial charge is 0.366 e. The highest BCUT2D eigenvalue weighted by molar-refractivity contribution is 5.78. The standard InChI is InChI=1S/C22H25F2N3O/c23-19-6-2-1-5-17(19)15-27(18-9-10-18)16-22(28)26-13-11-25(12-14-26)21-8-4-3-7-20(21)24/h1-8,18H,9-16H2. The fraction of sp³-hybridized carbons (Fsp3) is 0.409. The number of halogens is 2. The van der Waals surface area contributed by atoms with Crippen LogP contribution < -0.4 is 4.90 Å². The minimum absolute atomic E-state index is 0.0661. The summed E-state index contributed by atoms with van der Waals surface area (Å²) in [6, 6.07) is 13.9. The third-order valence-corrected chi connectivity index (χ3v) is 5.56.